The Hall–Kier alpha value is -1.48. The van der Waals surface area contributed by atoms with Crippen molar-refractivity contribution in [2.45, 2.75) is 0 Å². The third kappa shape index (κ3) is 5.01. The van der Waals surface area contributed by atoms with Crippen LogP contribution in [0.25, 0.3) is 45.1 Å². The van der Waals surface area contributed by atoms with Gasteiger partial charge in [0.25, 0.3) is 0 Å². The van der Waals surface area contributed by atoms with Crippen molar-refractivity contribution in [1.29, 1.82) is 0 Å². The molecule has 0 atom stereocenters. The standard InChI is InChI=1S/C19H13N.2ClH.2H2N.Pt/c1-2-6-14(7-3-1)15-10-11-16-13-20-19-9-5-4-8-17(19)18(16)12-15;;;;;/h1-13H;2*1H;2*1H2;/q;;;2*-1;+4/p-2. The third-order valence-electron chi connectivity index (χ3n) is 3.70. The predicted octanol–water partition coefficient (Wildman–Crippen LogP) is 0.495. The molecule has 0 aliphatic rings. The first-order chi connectivity index (χ1) is 9.92. The van der Waals surface area contributed by atoms with Gasteiger partial charge in [-0.2, -0.15) is 0 Å². The summed E-state index contributed by atoms with van der Waals surface area (Å²) in [7, 11) is 0. The molecule has 0 bridgehead atoms. The van der Waals surface area contributed by atoms with Crippen LogP contribution >= 0.6 is 0 Å². The first kappa shape index (κ1) is 25.8. The second kappa shape index (κ2) is 11.2. The van der Waals surface area contributed by atoms with Gasteiger partial charge >= 0.3 is 21.1 Å². The van der Waals surface area contributed by atoms with E-state index in [4.69, 9.17) is 0 Å². The maximum absolute atomic E-state index is 4.51. The third-order valence-corrected chi connectivity index (χ3v) is 3.70. The monoisotopic (exact) mass is 552 g/mol. The Morgan fingerprint density at radius 1 is 0.600 bits per heavy atom. The smallest absolute Gasteiger partial charge is 1.00 e. The second-order valence-electron chi connectivity index (χ2n) is 4.94. The van der Waals surface area contributed by atoms with E-state index in [9.17, 15) is 0 Å². The fraction of sp³-hybridized carbons (Fsp3) is 0. The van der Waals surface area contributed by atoms with Gasteiger partial charge < -0.3 is 37.1 Å². The summed E-state index contributed by atoms with van der Waals surface area (Å²) in [5, 5.41) is 3.66. The van der Waals surface area contributed by atoms with Crippen molar-refractivity contribution < 1.29 is 45.9 Å². The van der Waals surface area contributed by atoms with E-state index in [1.807, 2.05) is 18.3 Å². The van der Waals surface area contributed by atoms with Crippen molar-refractivity contribution >= 4 is 21.7 Å². The number of halogens is 2. The Balaban J connectivity index is 0. The number of nitrogens with zero attached hydrogens (tertiary/aromatic N) is 1. The molecule has 4 aromatic rings. The molecular weight excluding hydrogens is 536 g/mol. The van der Waals surface area contributed by atoms with Gasteiger partial charge in [-0.15, -0.1) is 0 Å². The van der Waals surface area contributed by atoms with E-state index in [1.165, 1.54) is 27.3 Å². The minimum Gasteiger partial charge on any atom is -1.00 e. The van der Waals surface area contributed by atoms with Crippen molar-refractivity contribution in [1.82, 2.24) is 4.98 Å². The minimum absolute atomic E-state index is 0. The van der Waals surface area contributed by atoms with Crippen LogP contribution in [0.1, 0.15) is 0 Å². The van der Waals surface area contributed by atoms with E-state index < -0.39 is 0 Å². The second-order valence-corrected chi connectivity index (χ2v) is 4.94. The molecule has 3 aromatic carbocycles. The Morgan fingerprint density at radius 2 is 1.24 bits per heavy atom. The molecule has 25 heavy (non-hydrogen) atoms. The normalized spacial score (nSPS) is 8.80. The van der Waals surface area contributed by atoms with Gasteiger partial charge in [0.2, 0.25) is 0 Å². The van der Waals surface area contributed by atoms with Crippen LogP contribution in [0.5, 0.6) is 0 Å². The molecule has 1 aromatic heterocycles. The number of benzene rings is 3. The summed E-state index contributed by atoms with van der Waals surface area (Å²) in [5.74, 6) is 0. The number of nitrogens with two attached hydrogens (primary N) is 2. The predicted molar refractivity (Wildman–Crippen MR) is 95.3 cm³/mol. The number of rotatable bonds is 1. The number of aromatic nitrogens is 1. The summed E-state index contributed by atoms with van der Waals surface area (Å²) in [6, 6.07) is 25.3. The molecule has 0 unspecified atom stereocenters. The van der Waals surface area contributed by atoms with Crippen LogP contribution in [0.15, 0.2) is 79.0 Å². The van der Waals surface area contributed by atoms with Gasteiger partial charge in [0.1, 0.15) is 0 Å². The molecule has 0 aliphatic carbocycles. The number of para-hydroxylation sites is 1. The summed E-state index contributed by atoms with van der Waals surface area (Å²) in [5.41, 5.74) is 3.54. The van der Waals surface area contributed by atoms with E-state index in [1.54, 1.807) is 0 Å². The molecule has 0 radical (unpaired) electrons. The summed E-state index contributed by atoms with van der Waals surface area (Å²) in [4.78, 5) is 4.51. The van der Waals surface area contributed by atoms with Crippen LogP contribution in [0.3, 0.4) is 0 Å². The van der Waals surface area contributed by atoms with E-state index >= 15 is 0 Å². The van der Waals surface area contributed by atoms with Gasteiger partial charge in [0.15, 0.2) is 0 Å². The largest absolute Gasteiger partial charge is 4.00 e. The minimum atomic E-state index is 0. The van der Waals surface area contributed by atoms with Gasteiger partial charge in [-0.3, -0.25) is 4.98 Å². The number of hydrogen-bond donors (Lipinski definition) is 0. The molecule has 132 valence electrons. The van der Waals surface area contributed by atoms with Crippen LogP contribution < -0.4 is 24.8 Å². The molecule has 4 N–H and O–H groups in total. The Bertz CT molecular complexity index is 918. The van der Waals surface area contributed by atoms with Gasteiger partial charge in [0.05, 0.1) is 5.52 Å². The van der Waals surface area contributed by atoms with Crippen LogP contribution in [0.2, 0.25) is 0 Å². The average molecular weight is 553 g/mol. The Kier molecular flexibility index (Phi) is 11.5. The molecule has 3 nitrogen and oxygen atoms in total. The van der Waals surface area contributed by atoms with Crippen LogP contribution in [-0.4, -0.2) is 4.98 Å². The van der Waals surface area contributed by atoms with Gasteiger partial charge in [-0.1, -0.05) is 60.7 Å². The summed E-state index contributed by atoms with van der Waals surface area (Å²) in [6.07, 6.45) is 1.95. The van der Waals surface area contributed by atoms with E-state index in [-0.39, 0.29) is 58.2 Å². The van der Waals surface area contributed by atoms with Crippen molar-refractivity contribution in [2.24, 2.45) is 0 Å². The summed E-state index contributed by atoms with van der Waals surface area (Å²) < 4.78 is 0. The van der Waals surface area contributed by atoms with Gasteiger partial charge in [-0.05, 0) is 28.6 Å². The first-order valence-corrected chi connectivity index (χ1v) is 6.75. The molecule has 0 aliphatic heterocycles. The molecule has 0 fully saturated rings. The molecule has 1 heterocycles. The van der Waals surface area contributed by atoms with Crippen LogP contribution in [0.4, 0.5) is 0 Å². The number of pyridine rings is 1. The quantitative estimate of drug-likeness (QED) is 0.317. The number of fused-ring (bicyclic) bond motifs is 3. The first-order valence-electron chi connectivity index (χ1n) is 6.75. The Morgan fingerprint density at radius 3 is 1.96 bits per heavy atom. The zero-order chi connectivity index (χ0) is 13.4. The molecule has 0 amide bonds. The SMILES string of the molecule is [Cl-].[Cl-].[NH2-].[NH2-].[Pt+4].c1ccc(-c2ccc3cnc4ccccc4c3c2)cc1. The van der Waals surface area contributed by atoms with Crippen LogP contribution in [0, 0.1) is 0 Å². The fourth-order valence-electron chi connectivity index (χ4n) is 2.67. The van der Waals surface area contributed by atoms with Gasteiger partial charge in [0, 0.05) is 17.0 Å². The van der Waals surface area contributed by atoms with Crippen molar-refractivity contribution in [3.8, 4) is 11.1 Å². The zero-order valence-electron chi connectivity index (χ0n) is 13.2. The molecule has 4 rings (SSSR count). The molecule has 0 saturated carbocycles. The summed E-state index contributed by atoms with van der Waals surface area (Å²) >= 11 is 0. The van der Waals surface area contributed by atoms with Crippen molar-refractivity contribution in [2.75, 3.05) is 0 Å². The average Bonchev–Trinajstić information content (AvgIpc) is 2.55. The van der Waals surface area contributed by atoms with E-state index in [0.29, 0.717) is 0 Å². The van der Waals surface area contributed by atoms with Crippen molar-refractivity contribution in [3.05, 3.63) is 91.3 Å². The van der Waals surface area contributed by atoms with Crippen LogP contribution in [-0.2, 0) is 21.1 Å². The molecule has 0 spiro atoms. The topological polar surface area (TPSA) is 79.9 Å². The maximum atomic E-state index is 4.51. The molecular formula is C19H17Cl2N3Pt. The number of hydrogen-bond acceptors (Lipinski definition) is 1. The summed E-state index contributed by atoms with van der Waals surface area (Å²) in [6.45, 7) is 0. The molecule has 6 heteroatoms. The fourth-order valence-corrected chi connectivity index (χ4v) is 2.67. The van der Waals surface area contributed by atoms with E-state index in [0.717, 1.165) is 5.52 Å². The van der Waals surface area contributed by atoms with Crippen molar-refractivity contribution in [3.63, 3.8) is 0 Å². The Labute approximate surface area is 174 Å². The van der Waals surface area contributed by atoms with E-state index in [2.05, 4.69) is 65.6 Å². The zero-order valence-corrected chi connectivity index (χ0v) is 17.0. The maximum Gasteiger partial charge on any atom is 4.00 e. The molecule has 0 saturated heterocycles. The van der Waals surface area contributed by atoms with Gasteiger partial charge in [-0.25, -0.2) is 0 Å².